The minimum Gasteiger partial charge on any atom is -0.0533 e. The maximum absolute atomic E-state index is 1.92. The molecule has 2 fully saturated rings. The van der Waals surface area contributed by atoms with Crippen LogP contribution < -0.4 is 0 Å². The Labute approximate surface area is 102 Å². The fraction of sp³-hybridized carbons (Fsp3) is 0.938. The van der Waals surface area contributed by atoms with Crippen LogP contribution in [-0.2, 0) is 0 Å². The second kappa shape index (κ2) is 7.35. The van der Waals surface area contributed by atoms with Gasteiger partial charge in [-0.15, -0.1) is 0 Å². The topological polar surface area (TPSA) is 0 Å². The summed E-state index contributed by atoms with van der Waals surface area (Å²) >= 11 is 0. The van der Waals surface area contributed by atoms with E-state index < -0.39 is 0 Å². The molecule has 0 heterocycles. The third-order valence-corrected chi connectivity index (χ3v) is 4.69. The molecule has 2 aliphatic rings. The van der Waals surface area contributed by atoms with Crippen molar-refractivity contribution in [1.82, 2.24) is 0 Å². The lowest BCUT2D eigenvalue weighted by atomic mass is 9.81. The van der Waals surface area contributed by atoms with E-state index >= 15 is 0 Å². The summed E-state index contributed by atoms with van der Waals surface area (Å²) in [4.78, 5) is 0. The van der Waals surface area contributed by atoms with Crippen molar-refractivity contribution >= 4 is 0 Å². The normalized spacial score (nSPS) is 26.2. The van der Waals surface area contributed by atoms with Crippen molar-refractivity contribution in [3.05, 3.63) is 5.92 Å². The van der Waals surface area contributed by atoms with Crippen LogP contribution in [0.5, 0.6) is 0 Å². The summed E-state index contributed by atoms with van der Waals surface area (Å²) in [6.45, 7) is 0. The van der Waals surface area contributed by atoms with Gasteiger partial charge in [0.25, 0.3) is 0 Å². The molecule has 0 aromatic carbocycles. The lowest BCUT2D eigenvalue weighted by Gasteiger charge is -2.25. The van der Waals surface area contributed by atoms with E-state index in [1.165, 1.54) is 89.9 Å². The van der Waals surface area contributed by atoms with Crippen molar-refractivity contribution in [2.75, 3.05) is 0 Å². The molecule has 0 aromatic rings. The molecule has 2 aliphatic carbocycles. The van der Waals surface area contributed by atoms with E-state index in [9.17, 15) is 0 Å². The van der Waals surface area contributed by atoms with Gasteiger partial charge in [-0.25, -0.2) is 0 Å². The fourth-order valence-corrected chi connectivity index (χ4v) is 3.54. The van der Waals surface area contributed by atoms with E-state index in [1.807, 2.05) is 5.92 Å². The molecule has 2 rings (SSSR count). The van der Waals surface area contributed by atoms with Gasteiger partial charge in [0.15, 0.2) is 0 Å². The average molecular weight is 221 g/mol. The molecule has 93 valence electrons. The van der Waals surface area contributed by atoms with Gasteiger partial charge in [0.2, 0.25) is 0 Å². The maximum Gasteiger partial charge on any atom is -0.0241 e. The summed E-state index contributed by atoms with van der Waals surface area (Å²) in [6.07, 6.45) is 21.0. The Morgan fingerprint density at radius 3 is 1.94 bits per heavy atom. The highest BCUT2D eigenvalue weighted by Gasteiger charge is 2.17. The highest BCUT2D eigenvalue weighted by Crippen LogP contribution is 2.33. The van der Waals surface area contributed by atoms with Crippen LogP contribution in [0.15, 0.2) is 0 Å². The lowest BCUT2D eigenvalue weighted by molar-refractivity contribution is 0.328. The van der Waals surface area contributed by atoms with Crippen LogP contribution >= 0.6 is 0 Å². The Hall–Kier alpha value is 0. The Morgan fingerprint density at radius 2 is 1.25 bits per heavy atom. The van der Waals surface area contributed by atoms with Gasteiger partial charge in [0.05, 0.1) is 0 Å². The molecule has 0 unspecified atom stereocenters. The zero-order valence-corrected chi connectivity index (χ0v) is 11.0. The molecule has 0 amide bonds. The monoisotopic (exact) mass is 221 g/mol. The number of rotatable bonds is 3. The summed E-state index contributed by atoms with van der Waals surface area (Å²) in [6, 6.07) is 0. The second-order valence-electron chi connectivity index (χ2n) is 6.06. The van der Waals surface area contributed by atoms with E-state index in [4.69, 9.17) is 0 Å². The first-order valence-corrected chi connectivity index (χ1v) is 7.79. The third kappa shape index (κ3) is 4.47. The van der Waals surface area contributed by atoms with E-state index in [0.29, 0.717) is 0 Å². The van der Waals surface area contributed by atoms with Crippen molar-refractivity contribution in [3.8, 4) is 0 Å². The first-order valence-electron chi connectivity index (χ1n) is 7.79. The lowest BCUT2D eigenvalue weighted by Crippen LogP contribution is -2.09. The first-order chi connectivity index (χ1) is 7.95. The summed E-state index contributed by atoms with van der Waals surface area (Å²) in [5.74, 6) is 3.01. The maximum atomic E-state index is 1.92. The van der Waals surface area contributed by atoms with Crippen molar-refractivity contribution in [1.29, 1.82) is 0 Å². The van der Waals surface area contributed by atoms with Crippen LogP contribution in [-0.4, -0.2) is 0 Å². The van der Waals surface area contributed by atoms with Gasteiger partial charge in [-0.2, -0.15) is 0 Å². The zero-order chi connectivity index (χ0) is 11.1. The largest absolute Gasteiger partial charge is 0.0533 e. The average Bonchev–Trinajstić information content (AvgIpc) is 2.29. The molecular weight excluding hydrogens is 192 g/mol. The van der Waals surface area contributed by atoms with Gasteiger partial charge in [-0.05, 0) is 37.5 Å². The highest BCUT2D eigenvalue weighted by molar-refractivity contribution is 4.91. The Morgan fingerprint density at radius 1 is 0.688 bits per heavy atom. The molecule has 0 atom stereocenters. The highest BCUT2D eigenvalue weighted by atomic mass is 14.2. The van der Waals surface area contributed by atoms with Crippen molar-refractivity contribution < 1.29 is 0 Å². The van der Waals surface area contributed by atoms with Gasteiger partial charge in [-0.1, -0.05) is 64.2 Å². The fourth-order valence-electron chi connectivity index (χ4n) is 3.54. The van der Waals surface area contributed by atoms with Crippen molar-refractivity contribution in [3.63, 3.8) is 0 Å². The molecule has 2 saturated carbocycles. The standard InChI is InChI=1S/C16H29/c1-2-5-9-15(10-6-3-1)13-14-16-11-7-4-8-12-16/h16H,1-14H2. The molecule has 16 heavy (non-hydrogen) atoms. The van der Waals surface area contributed by atoms with Crippen LogP contribution in [0.4, 0.5) is 0 Å². The van der Waals surface area contributed by atoms with Crippen molar-refractivity contribution in [2.24, 2.45) is 5.92 Å². The van der Waals surface area contributed by atoms with Crippen LogP contribution in [0.25, 0.3) is 0 Å². The quantitative estimate of drug-likeness (QED) is 0.576. The number of hydrogen-bond donors (Lipinski definition) is 0. The molecule has 0 N–H and O–H groups in total. The van der Waals surface area contributed by atoms with E-state index in [-0.39, 0.29) is 0 Å². The summed E-state index contributed by atoms with van der Waals surface area (Å²) in [5.41, 5.74) is 0. The van der Waals surface area contributed by atoms with E-state index in [1.54, 1.807) is 0 Å². The molecule has 0 nitrogen and oxygen atoms in total. The van der Waals surface area contributed by atoms with Crippen LogP contribution in [0.2, 0.25) is 0 Å². The van der Waals surface area contributed by atoms with Crippen molar-refractivity contribution in [2.45, 2.75) is 89.9 Å². The molecule has 0 spiro atoms. The minimum absolute atomic E-state index is 1.09. The predicted octanol–water partition coefficient (Wildman–Crippen LogP) is 5.67. The van der Waals surface area contributed by atoms with Crippen LogP contribution in [0, 0.1) is 11.8 Å². The van der Waals surface area contributed by atoms with Gasteiger partial charge < -0.3 is 0 Å². The summed E-state index contributed by atoms with van der Waals surface area (Å²) < 4.78 is 0. The Bertz CT molecular complexity index is 159. The Balaban J connectivity index is 1.62. The van der Waals surface area contributed by atoms with Gasteiger partial charge in [-0.3, -0.25) is 0 Å². The Kier molecular flexibility index (Phi) is 5.72. The predicted molar refractivity (Wildman–Crippen MR) is 71.4 cm³/mol. The van der Waals surface area contributed by atoms with Crippen LogP contribution in [0.3, 0.4) is 0 Å². The second-order valence-corrected chi connectivity index (χ2v) is 6.06. The molecule has 0 aliphatic heterocycles. The molecule has 0 bridgehead atoms. The van der Waals surface area contributed by atoms with Gasteiger partial charge >= 0.3 is 0 Å². The summed E-state index contributed by atoms with van der Waals surface area (Å²) in [5, 5.41) is 0. The van der Waals surface area contributed by atoms with E-state index in [0.717, 1.165) is 5.92 Å². The molecular formula is C16H29. The minimum atomic E-state index is 1.09. The van der Waals surface area contributed by atoms with Crippen LogP contribution in [0.1, 0.15) is 89.9 Å². The molecule has 0 heteroatoms. The molecule has 0 aromatic heterocycles. The van der Waals surface area contributed by atoms with E-state index in [2.05, 4.69) is 0 Å². The summed E-state index contributed by atoms with van der Waals surface area (Å²) in [7, 11) is 0. The smallest absolute Gasteiger partial charge is 0.0241 e. The zero-order valence-electron chi connectivity index (χ0n) is 11.0. The first kappa shape index (κ1) is 12.5. The molecule has 0 saturated heterocycles. The SMILES string of the molecule is C1CCC[C](CCC2CCCCC2)CCC1. The van der Waals surface area contributed by atoms with Gasteiger partial charge in [0, 0.05) is 0 Å². The number of hydrogen-bond acceptors (Lipinski definition) is 0. The van der Waals surface area contributed by atoms with Gasteiger partial charge in [0.1, 0.15) is 0 Å². The molecule has 1 radical (unpaired) electrons. The third-order valence-electron chi connectivity index (χ3n) is 4.69.